The summed E-state index contributed by atoms with van der Waals surface area (Å²) in [5, 5.41) is 11.4. The first-order chi connectivity index (χ1) is 12.5. The molecule has 2 aromatic carbocycles. The van der Waals surface area contributed by atoms with Gasteiger partial charge in [-0.25, -0.2) is 4.57 Å². The van der Waals surface area contributed by atoms with E-state index in [1.54, 1.807) is 19.2 Å². The Morgan fingerprint density at radius 2 is 1.67 bits per heavy atom. The first-order valence-electron chi connectivity index (χ1n) is 8.09. The third-order valence-electron chi connectivity index (χ3n) is 4.11. The standard InChI is InChI=1S/C20H18ClN2O3.ClH/c1-26-20-7-4-18(21)13-17(20)14-22-10-8-16(9-11-22)12-15-2-5-19(6-3-15)23(24)25;/h2-11,13H,12,14H2,1H3;1H/q+1;/p-1. The summed E-state index contributed by atoms with van der Waals surface area (Å²) in [5.41, 5.74) is 3.28. The molecule has 5 nitrogen and oxygen atoms in total. The van der Waals surface area contributed by atoms with Crippen LogP contribution < -0.4 is 21.7 Å². The Bertz CT molecular complexity index is 914. The molecule has 1 heterocycles. The largest absolute Gasteiger partial charge is 1.00 e. The summed E-state index contributed by atoms with van der Waals surface area (Å²) in [4.78, 5) is 10.3. The normalized spacial score (nSPS) is 10.1. The minimum absolute atomic E-state index is 0. The van der Waals surface area contributed by atoms with Gasteiger partial charge in [0.15, 0.2) is 18.9 Å². The summed E-state index contributed by atoms with van der Waals surface area (Å²) in [6.45, 7) is 0.654. The highest BCUT2D eigenvalue weighted by atomic mass is 35.5. The fraction of sp³-hybridized carbons (Fsp3) is 0.150. The summed E-state index contributed by atoms with van der Waals surface area (Å²) in [6, 6.07) is 16.3. The summed E-state index contributed by atoms with van der Waals surface area (Å²) < 4.78 is 7.43. The van der Waals surface area contributed by atoms with Crippen molar-refractivity contribution in [1.82, 2.24) is 0 Å². The van der Waals surface area contributed by atoms with Gasteiger partial charge < -0.3 is 17.1 Å². The number of aromatic nitrogens is 1. The molecule has 0 spiro atoms. The molecular weight excluding hydrogens is 387 g/mol. The molecule has 3 rings (SSSR count). The molecule has 0 saturated carbocycles. The van der Waals surface area contributed by atoms with Crippen LogP contribution in [0, 0.1) is 10.1 Å². The van der Waals surface area contributed by atoms with Crippen LogP contribution >= 0.6 is 11.6 Å². The Kier molecular flexibility index (Phi) is 7.16. The zero-order chi connectivity index (χ0) is 18.5. The zero-order valence-corrected chi connectivity index (χ0v) is 16.2. The fourth-order valence-corrected chi connectivity index (χ4v) is 2.94. The van der Waals surface area contributed by atoms with Crippen molar-refractivity contribution in [3.05, 3.63) is 98.8 Å². The van der Waals surface area contributed by atoms with Gasteiger partial charge in [0.2, 0.25) is 0 Å². The predicted molar refractivity (Wildman–Crippen MR) is 99.6 cm³/mol. The van der Waals surface area contributed by atoms with E-state index in [4.69, 9.17) is 16.3 Å². The van der Waals surface area contributed by atoms with Crippen molar-refractivity contribution in [1.29, 1.82) is 0 Å². The van der Waals surface area contributed by atoms with Crippen LogP contribution in [-0.4, -0.2) is 12.0 Å². The number of methoxy groups -OCH3 is 1. The first kappa shape index (κ1) is 20.7. The van der Waals surface area contributed by atoms with Crippen molar-refractivity contribution >= 4 is 17.3 Å². The number of nitrogens with zero attached hydrogens (tertiary/aromatic N) is 2. The van der Waals surface area contributed by atoms with Crippen LogP contribution in [0.2, 0.25) is 5.02 Å². The average Bonchev–Trinajstić information content (AvgIpc) is 2.64. The Morgan fingerprint density at radius 3 is 2.26 bits per heavy atom. The van der Waals surface area contributed by atoms with Crippen molar-refractivity contribution < 1.29 is 26.6 Å². The van der Waals surface area contributed by atoms with Gasteiger partial charge in [-0.3, -0.25) is 10.1 Å². The molecule has 0 aliphatic rings. The molecular formula is C20H18Cl2N2O3. The molecule has 0 aliphatic carbocycles. The Labute approximate surface area is 168 Å². The smallest absolute Gasteiger partial charge is 0.269 e. The third kappa shape index (κ3) is 5.42. The van der Waals surface area contributed by atoms with Crippen molar-refractivity contribution in [2.75, 3.05) is 7.11 Å². The minimum Gasteiger partial charge on any atom is -1.00 e. The average molecular weight is 405 g/mol. The monoisotopic (exact) mass is 404 g/mol. The topological polar surface area (TPSA) is 56.2 Å². The maximum absolute atomic E-state index is 10.7. The van der Waals surface area contributed by atoms with Gasteiger partial charge in [-0.05, 0) is 35.7 Å². The second-order valence-electron chi connectivity index (χ2n) is 5.94. The maximum Gasteiger partial charge on any atom is 0.269 e. The lowest BCUT2D eigenvalue weighted by molar-refractivity contribution is -0.688. The number of benzene rings is 2. The van der Waals surface area contributed by atoms with E-state index in [-0.39, 0.29) is 23.0 Å². The van der Waals surface area contributed by atoms with Crippen molar-refractivity contribution in [2.24, 2.45) is 0 Å². The van der Waals surface area contributed by atoms with Crippen LogP contribution in [0.3, 0.4) is 0 Å². The number of rotatable bonds is 6. The lowest BCUT2D eigenvalue weighted by Gasteiger charge is -2.07. The van der Waals surface area contributed by atoms with Crippen LogP contribution in [0.15, 0.2) is 67.0 Å². The van der Waals surface area contributed by atoms with Gasteiger partial charge in [0.1, 0.15) is 5.75 Å². The van der Waals surface area contributed by atoms with Crippen LogP contribution in [0.1, 0.15) is 16.7 Å². The van der Waals surface area contributed by atoms with Gasteiger partial charge in [0, 0.05) is 29.3 Å². The van der Waals surface area contributed by atoms with E-state index in [0.717, 1.165) is 28.9 Å². The van der Waals surface area contributed by atoms with Gasteiger partial charge in [-0.15, -0.1) is 0 Å². The van der Waals surface area contributed by atoms with Gasteiger partial charge in [0.05, 0.1) is 17.6 Å². The van der Waals surface area contributed by atoms with E-state index in [1.165, 1.54) is 12.1 Å². The Balaban J connectivity index is 0.00000261. The van der Waals surface area contributed by atoms with Gasteiger partial charge >= 0.3 is 0 Å². The number of non-ortho nitro benzene ring substituents is 1. The lowest BCUT2D eigenvalue weighted by atomic mass is 10.1. The minimum atomic E-state index is -0.390. The number of pyridine rings is 1. The van der Waals surface area contributed by atoms with Crippen molar-refractivity contribution in [3.8, 4) is 5.75 Å². The molecule has 0 N–H and O–H groups in total. The maximum atomic E-state index is 10.7. The van der Waals surface area contributed by atoms with Gasteiger partial charge in [-0.2, -0.15) is 0 Å². The summed E-state index contributed by atoms with van der Waals surface area (Å²) >= 11 is 6.08. The molecule has 1 aromatic heterocycles. The number of nitro benzene ring substituents is 1. The SMILES string of the molecule is COc1ccc(Cl)cc1C[n+]1ccc(Cc2ccc([N+](=O)[O-])cc2)cc1.[Cl-]. The van der Waals surface area contributed by atoms with E-state index >= 15 is 0 Å². The highest BCUT2D eigenvalue weighted by Crippen LogP contribution is 2.22. The van der Waals surface area contributed by atoms with Crippen molar-refractivity contribution in [3.63, 3.8) is 0 Å². The molecule has 0 bridgehead atoms. The molecule has 7 heteroatoms. The quantitative estimate of drug-likeness (QED) is 0.352. The summed E-state index contributed by atoms with van der Waals surface area (Å²) in [5.74, 6) is 0.803. The second kappa shape index (κ2) is 9.35. The van der Waals surface area contributed by atoms with Crippen LogP contribution in [0.25, 0.3) is 0 Å². The molecule has 0 fully saturated rings. The fourth-order valence-electron chi connectivity index (χ4n) is 2.75. The zero-order valence-electron chi connectivity index (χ0n) is 14.6. The summed E-state index contributed by atoms with van der Waals surface area (Å²) in [6.07, 6.45) is 4.72. The number of halogens is 2. The third-order valence-corrected chi connectivity index (χ3v) is 4.35. The van der Waals surface area contributed by atoms with E-state index in [0.29, 0.717) is 11.6 Å². The highest BCUT2D eigenvalue weighted by Gasteiger charge is 2.10. The number of hydrogen-bond donors (Lipinski definition) is 0. The van der Waals surface area contributed by atoms with Crippen LogP contribution in [0.5, 0.6) is 5.75 Å². The highest BCUT2D eigenvalue weighted by molar-refractivity contribution is 6.30. The molecule has 0 atom stereocenters. The molecule has 0 aliphatic heterocycles. The molecule has 27 heavy (non-hydrogen) atoms. The van der Waals surface area contributed by atoms with E-state index in [9.17, 15) is 10.1 Å². The molecule has 0 amide bonds. The molecule has 140 valence electrons. The van der Waals surface area contributed by atoms with Crippen LogP contribution in [0.4, 0.5) is 5.69 Å². The lowest BCUT2D eigenvalue weighted by Crippen LogP contribution is -3.00. The van der Waals surface area contributed by atoms with Crippen LogP contribution in [-0.2, 0) is 13.0 Å². The van der Waals surface area contributed by atoms with E-state index in [2.05, 4.69) is 0 Å². The second-order valence-corrected chi connectivity index (χ2v) is 6.37. The molecule has 3 aromatic rings. The van der Waals surface area contributed by atoms with Crippen molar-refractivity contribution in [2.45, 2.75) is 13.0 Å². The molecule has 0 saturated heterocycles. The Morgan fingerprint density at radius 1 is 1.04 bits per heavy atom. The summed E-state index contributed by atoms with van der Waals surface area (Å²) in [7, 11) is 1.64. The van der Waals surface area contributed by atoms with Gasteiger partial charge in [-0.1, -0.05) is 23.7 Å². The van der Waals surface area contributed by atoms with E-state index in [1.807, 2.05) is 47.3 Å². The number of nitro groups is 1. The molecule has 0 radical (unpaired) electrons. The predicted octanol–water partition coefficient (Wildman–Crippen LogP) is 1.19. The Hall–Kier alpha value is -2.63. The van der Waals surface area contributed by atoms with Gasteiger partial charge in [0.25, 0.3) is 5.69 Å². The van der Waals surface area contributed by atoms with E-state index < -0.39 is 0 Å². The first-order valence-corrected chi connectivity index (χ1v) is 8.46. The number of hydrogen-bond acceptors (Lipinski definition) is 3. The molecule has 0 unspecified atom stereocenters. The number of ether oxygens (including phenoxy) is 1.